The van der Waals surface area contributed by atoms with Crippen LogP contribution in [0.15, 0.2) is 29.2 Å². The Balaban J connectivity index is 2.58. The van der Waals surface area contributed by atoms with Crippen LogP contribution in [0.1, 0.15) is 19.4 Å². The van der Waals surface area contributed by atoms with Gasteiger partial charge in [0.2, 0.25) is 0 Å². The first kappa shape index (κ1) is 13.1. The van der Waals surface area contributed by atoms with Gasteiger partial charge >= 0.3 is 0 Å². The van der Waals surface area contributed by atoms with Gasteiger partial charge in [-0.25, -0.2) is 0 Å². The summed E-state index contributed by atoms with van der Waals surface area (Å²) in [5.74, 6) is 1.10. The van der Waals surface area contributed by atoms with E-state index in [4.69, 9.17) is 5.26 Å². The third kappa shape index (κ3) is 3.88. The summed E-state index contributed by atoms with van der Waals surface area (Å²) in [6, 6.07) is 10.8. The standard InChI is InChI=1S/C13H18N2S/c1-4-16-13-7-5-12(6-8-13)10-15(3)11(2)9-14/h5-8,11H,4,10H2,1-3H3. The molecule has 0 amide bonds. The van der Waals surface area contributed by atoms with Crippen molar-refractivity contribution in [2.45, 2.75) is 31.3 Å². The number of rotatable bonds is 5. The Morgan fingerprint density at radius 3 is 2.50 bits per heavy atom. The summed E-state index contributed by atoms with van der Waals surface area (Å²) in [5.41, 5.74) is 1.25. The van der Waals surface area contributed by atoms with Crippen molar-refractivity contribution in [3.63, 3.8) is 0 Å². The van der Waals surface area contributed by atoms with Crippen molar-refractivity contribution in [2.24, 2.45) is 0 Å². The molecule has 2 nitrogen and oxygen atoms in total. The van der Waals surface area contributed by atoms with Crippen LogP contribution < -0.4 is 0 Å². The van der Waals surface area contributed by atoms with Gasteiger partial charge in [0.05, 0.1) is 12.1 Å². The zero-order chi connectivity index (χ0) is 12.0. The number of hydrogen-bond donors (Lipinski definition) is 0. The van der Waals surface area contributed by atoms with Crippen molar-refractivity contribution >= 4 is 11.8 Å². The smallest absolute Gasteiger partial charge is 0.0949 e. The Kier molecular flexibility index (Phi) is 5.37. The van der Waals surface area contributed by atoms with Gasteiger partial charge in [0.15, 0.2) is 0 Å². The van der Waals surface area contributed by atoms with Gasteiger partial charge in [-0.1, -0.05) is 19.1 Å². The van der Waals surface area contributed by atoms with Crippen molar-refractivity contribution in [2.75, 3.05) is 12.8 Å². The third-order valence-electron chi connectivity index (χ3n) is 2.51. The quantitative estimate of drug-likeness (QED) is 0.732. The van der Waals surface area contributed by atoms with Crippen molar-refractivity contribution in [3.8, 4) is 6.07 Å². The average Bonchev–Trinajstić information content (AvgIpc) is 2.31. The maximum atomic E-state index is 8.80. The van der Waals surface area contributed by atoms with Gasteiger partial charge in [-0.3, -0.25) is 4.90 Å². The number of thioether (sulfide) groups is 1. The Labute approximate surface area is 102 Å². The lowest BCUT2D eigenvalue weighted by atomic mass is 10.2. The molecule has 0 radical (unpaired) electrons. The van der Waals surface area contributed by atoms with Crippen molar-refractivity contribution < 1.29 is 0 Å². The molecule has 0 aliphatic carbocycles. The van der Waals surface area contributed by atoms with Gasteiger partial charge in [0.25, 0.3) is 0 Å². The van der Waals surface area contributed by atoms with E-state index in [1.807, 2.05) is 30.6 Å². The van der Waals surface area contributed by atoms with Crippen LogP contribution in [0.25, 0.3) is 0 Å². The topological polar surface area (TPSA) is 27.0 Å². The summed E-state index contributed by atoms with van der Waals surface area (Å²) in [7, 11) is 1.97. The monoisotopic (exact) mass is 234 g/mol. The minimum atomic E-state index is -0.0373. The number of hydrogen-bond acceptors (Lipinski definition) is 3. The van der Waals surface area contributed by atoms with Crippen LogP contribution in [0.2, 0.25) is 0 Å². The van der Waals surface area contributed by atoms with Crippen LogP contribution in [0, 0.1) is 11.3 Å². The molecule has 1 unspecified atom stereocenters. The summed E-state index contributed by atoms with van der Waals surface area (Å²) < 4.78 is 0. The summed E-state index contributed by atoms with van der Waals surface area (Å²) in [6.07, 6.45) is 0. The van der Waals surface area contributed by atoms with E-state index >= 15 is 0 Å². The second-order valence-electron chi connectivity index (χ2n) is 3.80. The lowest BCUT2D eigenvalue weighted by molar-refractivity contribution is 0.294. The molecule has 0 bridgehead atoms. The van der Waals surface area contributed by atoms with Crippen LogP contribution in [0.5, 0.6) is 0 Å². The van der Waals surface area contributed by atoms with Gasteiger partial charge in [0.1, 0.15) is 0 Å². The van der Waals surface area contributed by atoms with Gasteiger partial charge < -0.3 is 0 Å². The predicted octanol–water partition coefficient (Wildman–Crippen LogP) is 3.14. The first-order valence-corrected chi connectivity index (χ1v) is 6.47. The molecule has 1 aromatic carbocycles. The van der Waals surface area contributed by atoms with Crippen molar-refractivity contribution in [3.05, 3.63) is 29.8 Å². The molecule has 1 rings (SSSR count). The Morgan fingerprint density at radius 1 is 1.38 bits per heavy atom. The molecule has 0 aliphatic heterocycles. The predicted molar refractivity (Wildman–Crippen MR) is 69.4 cm³/mol. The molecule has 1 atom stereocenters. The molecule has 0 N–H and O–H groups in total. The maximum absolute atomic E-state index is 8.80. The van der Waals surface area contributed by atoms with Gasteiger partial charge in [-0.05, 0) is 37.4 Å². The molecule has 0 spiro atoms. The van der Waals surface area contributed by atoms with Crippen LogP contribution >= 0.6 is 11.8 Å². The molecule has 3 heteroatoms. The average molecular weight is 234 g/mol. The highest BCUT2D eigenvalue weighted by Crippen LogP contribution is 2.18. The summed E-state index contributed by atoms with van der Waals surface area (Å²) >= 11 is 1.85. The van der Waals surface area contributed by atoms with E-state index in [0.29, 0.717) is 0 Å². The van der Waals surface area contributed by atoms with E-state index in [0.717, 1.165) is 12.3 Å². The highest BCUT2D eigenvalue weighted by Gasteiger charge is 2.07. The highest BCUT2D eigenvalue weighted by atomic mass is 32.2. The molecule has 0 aliphatic rings. The highest BCUT2D eigenvalue weighted by molar-refractivity contribution is 7.99. The summed E-state index contributed by atoms with van der Waals surface area (Å²) in [6.45, 7) is 4.90. The Hall–Kier alpha value is -0.980. The maximum Gasteiger partial charge on any atom is 0.0949 e. The summed E-state index contributed by atoms with van der Waals surface area (Å²) in [4.78, 5) is 3.35. The first-order chi connectivity index (χ1) is 7.67. The summed E-state index contributed by atoms with van der Waals surface area (Å²) in [5, 5.41) is 8.80. The van der Waals surface area contributed by atoms with Gasteiger partial charge in [-0.15, -0.1) is 11.8 Å². The van der Waals surface area contributed by atoms with Crippen LogP contribution in [-0.2, 0) is 6.54 Å². The number of benzene rings is 1. The second-order valence-corrected chi connectivity index (χ2v) is 5.13. The molecular formula is C13H18N2S. The molecule has 0 saturated heterocycles. The lowest BCUT2D eigenvalue weighted by Crippen LogP contribution is -2.26. The van der Waals surface area contributed by atoms with Crippen LogP contribution in [0.4, 0.5) is 0 Å². The van der Waals surface area contributed by atoms with E-state index in [2.05, 4.69) is 37.3 Å². The largest absolute Gasteiger partial charge is 0.287 e. The fraction of sp³-hybridized carbons (Fsp3) is 0.462. The lowest BCUT2D eigenvalue weighted by Gasteiger charge is -2.18. The van der Waals surface area contributed by atoms with E-state index in [9.17, 15) is 0 Å². The second kappa shape index (κ2) is 6.57. The number of nitriles is 1. The molecule has 16 heavy (non-hydrogen) atoms. The minimum absolute atomic E-state index is 0.0373. The molecule has 0 fully saturated rings. The van der Waals surface area contributed by atoms with Crippen molar-refractivity contribution in [1.29, 1.82) is 5.26 Å². The minimum Gasteiger partial charge on any atom is -0.287 e. The zero-order valence-electron chi connectivity index (χ0n) is 10.1. The fourth-order valence-corrected chi connectivity index (χ4v) is 2.04. The molecular weight excluding hydrogens is 216 g/mol. The molecule has 86 valence electrons. The Morgan fingerprint density at radius 2 is 2.00 bits per heavy atom. The fourth-order valence-electron chi connectivity index (χ4n) is 1.38. The molecule has 0 heterocycles. The molecule has 0 saturated carbocycles. The van der Waals surface area contributed by atoms with Crippen LogP contribution in [0.3, 0.4) is 0 Å². The van der Waals surface area contributed by atoms with Gasteiger partial charge in [0, 0.05) is 11.4 Å². The van der Waals surface area contributed by atoms with Crippen molar-refractivity contribution in [1.82, 2.24) is 4.90 Å². The van der Waals surface area contributed by atoms with E-state index in [1.165, 1.54) is 10.5 Å². The number of nitrogens with zero attached hydrogens (tertiary/aromatic N) is 2. The van der Waals surface area contributed by atoms with Crippen LogP contribution in [-0.4, -0.2) is 23.7 Å². The normalized spacial score (nSPS) is 12.4. The zero-order valence-corrected chi connectivity index (χ0v) is 10.9. The molecule has 1 aromatic rings. The first-order valence-electron chi connectivity index (χ1n) is 5.49. The van der Waals surface area contributed by atoms with E-state index < -0.39 is 0 Å². The molecule has 0 aromatic heterocycles. The third-order valence-corrected chi connectivity index (χ3v) is 3.41. The van der Waals surface area contributed by atoms with E-state index in [-0.39, 0.29) is 6.04 Å². The SMILES string of the molecule is CCSc1ccc(CN(C)C(C)C#N)cc1. The Bertz CT molecular complexity index is 353. The van der Waals surface area contributed by atoms with Gasteiger partial charge in [-0.2, -0.15) is 5.26 Å². The van der Waals surface area contributed by atoms with E-state index in [1.54, 1.807) is 0 Å².